The minimum atomic E-state index is -3.31. The van der Waals surface area contributed by atoms with Crippen molar-refractivity contribution >= 4 is 0 Å². The van der Waals surface area contributed by atoms with Crippen molar-refractivity contribution in [3.05, 3.63) is 71.6 Å². The van der Waals surface area contributed by atoms with Crippen LogP contribution in [0.2, 0.25) is 0 Å². The number of rotatable bonds is 5. The highest BCUT2D eigenvalue weighted by molar-refractivity contribution is 5.56. The minimum Gasteiger partial charge on any atom is -0.479 e. The number of alkyl halides is 4. The fraction of sp³-hybridized carbons (Fsp3) is 0.333. The van der Waals surface area contributed by atoms with Crippen LogP contribution in [0.5, 0.6) is 5.88 Å². The van der Waals surface area contributed by atoms with Crippen LogP contribution in [0, 0.1) is 6.92 Å². The molecule has 5 rings (SSSR count). The lowest BCUT2D eigenvalue weighted by Gasteiger charge is -2.30. The summed E-state index contributed by atoms with van der Waals surface area (Å²) in [5.74, 6) is -3.80. The topological polar surface area (TPSA) is 70.7 Å². The lowest BCUT2D eigenvalue weighted by Crippen LogP contribution is -2.33. The van der Waals surface area contributed by atoms with Crippen molar-refractivity contribution in [2.45, 2.75) is 44.6 Å². The molecule has 1 aliphatic heterocycles. The molecule has 4 heterocycles. The predicted molar refractivity (Wildman–Crippen MR) is 119 cm³/mol. The van der Waals surface area contributed by atoms with Gasteiger partial charge in [0, 0.05) is 31.0 Å². The number of nitrogens with zero attached hydrogens (tertiary/aromatic N) is 6. The number of fused-ring (bicyclic) bond motifs is 1. The summed E-state index contributed by atoms with van der Waals surface area (Å²) in [5, 5.41) is 4.05. The van der Waals surface area contributed by atoms with Gasteiger partial charge in [-0.3, -0.25) is 0 Å². The third kappa shape index (κ3) is 4.04. The maximum absolute atomic E-state index is 14.8. The van der Waals surface area contributed by atoms with Crippen molar-refractivity contribution in [2.24, 2.45) is 0 Å². The number of aromatic nitrogens is 6. The molecule has 0 aliphatic carbocycles. The van der Waals surface area contributed by atoms with Crippen LogP contribution in [-0.2, 0) is 12.0 Å². The lowest BCUT2D eigenvalue weighted by atomic mass is 9.86. The van der Waals surface area contributed by atoms with Crippen molar-refractivity contribution in [2.75, 3.05) is 7.11 Å². The van der Waals surface area contributed by atoms with E-state index in [2.05, 4.69) is 20.1 Å². The number of ether oxygens (including phenoxy) is 1. The fourth-order valence-electron chi connectivity index (χ4n) is 4.40. The number of pyridine rings is 1. The van der Waals surface area contributed by atoms with Gasteiger partial charge in [-0.05, 0) is 31.0 Å². The Kier molecular flexibility index (Phi) is 5.37. The van der Waals surface area contributed by atoms with Crippen LogP contribution in [0.15, 0.2) is 48.9 Å². The Morgan fingerprint density at radius 1 is 1.11 bits per heavy atom. The number of imidazole rings is 1. The van der Waals surface area contributed by atoms with Crippen LogP contribution in [0.4, 0.5) is 17.6 Å². The number of aryl methyl sites for hydroxylation is 1. The molecule has 0 unspecified atom stereocenters. The molecule has 0 saturated carbocycles. The average Bonchev–Trinajstić information content (AvgIpc) is 3.46. The third-order valence-corrected chi connectivity index (χ3v) is 6.05. The van der Waals surface area contributed by atoms with E-state index in [1.807, 2.05) is 6.92 Å². The number of hydrogen-bond acceptors (Lipinski definition) is 5. The highest BCUT2D eigenvalue weighted by Crippen LogP contribution is 2.45. The van der Waals surface area contributed by atoms with Gasteiger partial charge in [-0.25, -0.2) is 23.7 Å². The van der Waals surface area contributed by atoms with Gasteiger partial charge in [0.15, 0.2) is 5.82 Å². The Balaban J connectivity index is 1.61. The van der Waals surface area contributed by atoms with Crippen LogP contribution >= 0.6 is 0 Å². The zero-order valence-electron chi connectivity index (χ0n) is 19.2. The molecule has 182 valence electrons. The molecular formula is C24H22F4N6O. The first kappa shape index (κ1) is 23.0. The van der Waals surface area contributed by atoms with E-state index in [4.69, 9.17) is 4.74 Å². The second kappa shape index (κ2) is 8.17. The fourth-order valence-corrected chi connectivity index (χ4v) is 4.40. The first-order chi connectivity index (χ1) is 16.6. The van der Waals surface area contributed by atoms with Gasteiger partial charge in [0.1, 0.15) is 17.2 Å². The SMILES string of the molecule is COc1nc(-c2nc3n(n2)C(F)(F)CC[C@@H]3c2ccccc2C(C)(F)F)ccc1-n1cnc(C)c1. The number of hydrogen-bond donors (Lipinski definition) is 0. The van der Waals surface area contributed by atoms with Gasteiger partial charge in [0.25, 0.3) is 5.92 Å². The van der Waals surface area contributed by atoms with E-state index in [1.165, 1.54) is 25.3 Å². The molecule has 0 fully saturated rings. The normalized spacial score (nSPS) is 17.3. The van der Waals surface area contributed by atoms with E-state index < -0.39 is 24.3 Å². The molecule has 11 heteroatoms. The molecular weight excluding hydrogens is 464 g/mol. The van der Waals surface area contributed by atoms with Gasteiger partial charge in [0.05, 0.1) is 19.1 Å². The molecule has 1 aliphatic rings. The van der Waals surface area contributed by atoms with Gasteiger partial charge < -0.3 is 9.30 Å². The predicted octanol–water partition coefficient (Wildman–Crippen LogP) is 5.43. The maximum atomic E-state index is 14.8. The molecule has 0 bridgehead atoms. The Labute approximate surface area is 198 Å². The highest BCUT2D eigenvalue weighted by Gasteiger charge is 2.45. The average molecular weight is 486 g/mol. The second-order valence-electron chi connectivity index (χ2n) is 8.59. The van der Waals surface area contributed by atoms with Crippen molar-refractivity contribution in [1.82, 2.24) is 29.3 Å². The Morgan fingerprint density at radius 2 is 1.89 bits per heavy atom. The summed E-state index contributed by atoms with van der Waals surface area (Å²) >= 11 is 0. The first-order valence-electron chi connectivity index (χ1n) is 11.0. The molecule has 35 heavy (non-hydrogen) atoms. The quantitative estimate of drug-likeness (QED) is 0.352. The maximum Gasteiger partial charge on any atom is 0.345 e. The van der Waals surface area contributed by atoms with E-state index in [0.717, 1.165) is 12.6 Å². The zero-order valence-corrected chi connectivity index (χ0v) is 19.2. The molecule has 4 aromatic rings. The Bertz CT molecular complexity index is 1390. The molecule has 0 saturated heterocycles. The molecule has 1 aromatic carbocycles. The standard InChI is InChI=1S/C24H22F4N6O/c1-14-12-33(13-29-14)19-9-8-18(30-22(19)35-3)20-31-21-16(10-11-24(27,28)34(21)32-20)15-6-4-5-7-17(15)23(2,25)26/h4-9,12-13,16H,10-11H2,1-3H3/t16-/m1/s1. The molecule has 0 amide bonds. The summed E-state index contributed by atoms with van der Waals surface area (Å²) in [5.41, 5.74) is 1.65. The number of halogens is 4. The Hall–Kier alpha value is -3.76. The summed E-state index contributed by atoms with van der Waals surface area (Å²) in [4.78, 5) is 13.0. The van der Waals surface area contributed by atoms with E-state index in [1.54, 1.807) is 35.3 Å². The lowest BCUT2D eigenvalue weighted by molar-refractivity contribution is -0.113. The minimum absolute atomic E-state index is 0.0426. The van der Waals surface area contributed by atoms with Crippen molar-refractivity contribution in [1.29, 1.82) is 0 Å². The van der Waals surface area contributed by atoms with Crippen LogP contribution in [-0.4, -0.2) is 36.4 Å². The summed E-state index contributed by atoms with van der Waals surface area (Å²) in [7, 11) is 1.44. The van der Waals surface area contributed by atoms with Crippen LogP contribution in [0.3, 0.4) is 0 Å². The summed E-state index contributed by atoms with van der Waals surface area (Å²) in [6, 6.07) is 5.94. The molecule has 7 nitrogen and oxygen atoms in total. The summed E-state index contributed by atoms with van der Waals surface area (Å²) in [6.07, 6.45) is 2.80. The zero-order chi connectivity index (χ0) is 25.0. The summed E-state index contributed by atoms with van der Waals surface area (Å²) in [6.45, 7) is 2.63. The smallest absolute Gasteiger partial charge is 0.345 e. The van der Waals surface area contributed by atoms with Crippen LogP contribution < -0.4 is 4.74 Å². The van der Waals surface area contributed by atoms with Gasteiger partial charge >= 0.3 is 6.05 Å². The molecule has 3 aromatic heterocycles. The van der Waals surface area contributed by atoms with E-state index in [-0.39, 0.29) is 40.8 Å². The highest BCUT2D eigenvalue weighted by atomic mass is 19.3. The third-order valence-electron chi connectivity index (χ3n) is 6.05. The van der Waals surface area contributed by atoms with Crippen molar-refractivity contribution < 1.29 is 22.3 Å². The monoisotopic (exact) mass is 486 g/mol. The molecule has 0 spiro atoms. The van der Waals surface area contributed by atoms with Crippen LogP contribution in [0.25, 0.3) is 17.2 Å². The van der Waals surface area contributed by atoms with Gasteiger partial charge in [-0.15, -0.1) is 5.10 Å². The van der Waals surface area contributed by atoms with Crippen molar-refractivity contribution in [3.63, 3.8) is 0 Å². The van der Waals surface area contributed by atoms with Gasteiger partial charge in [-0.1, -0.05) is 24.3 Å². The van der Waals surface area contributed by atoms with Crippen molar-refractivity contribution in [3.8, 4) is 23.1 Å². The van der Waals surface area contributed by atoms with E-state index in [0.29, 0.717) is 10.4 Å². The largest absolute Gasteiger partial charge is 0.479 e. The Morgan fingerprint density at radius 3 is 2.57 bits per heavy atom. The van der Waals surface area contributed by atoms with Gasteiger partial charge in [0.2, 0.25) is 5.88 Å². The van der Waals surface area contributed by atoms with Gasteiger partial charge in [-0.2, -0.15) is 13.5 Å². The first-order valence-corrected chi connectivity index (χ1v) is 11.0. The number of methoxy groups -OCH3 is 1. The second-order valence-corrected chi connectivity index (χ2v) is 8.59. The molecule has 1 atom stereocenters. The molecule has 0 radical (unpaired) electrons. The number of benzene rings is 1. The van der Waals surface area contributed by atoms with E-state index in [9.17, 15) is 17.6 Å². The van der Waals surface area contributed by atoms with E-state index >= 15 is 0 Å². The molecule has 0 N–H and O–H groups in total. The summed E-state index contributed by atoms with van der Waals surface area (Å²) < 4.78 is 66.0. The van der Waals surface area contributed by atoms with Crippen LogP contribution in [0.1, 0.15) is 48.3 Å².